The fraction of sp³-hybridized carbons (Fsp3) is 0.375. The Morgan fingerprint density at radius 1 is 1.28 bits per heavy atom. The van der Waals surface area contributed by atoms with Crippen LogP contribution in [0.3, 0.4) is 0 Å². The van der Waals surface area contributed by atoms with Crippen molar-refractivity contribution < 1.29 is 17.4 Å². The maximum absolute atomic E-state index is 13.5. The molecule has 0 amide bonds. The molecule has 0 saturated heterocycles. The zero-order valence-corrected chi connectivity index (χ0v) is 21.7. The van der Waals surface area contributed by atoms with Crippen LogP contribution >= 0.6 is 22.9 Å². The van der Waals surface area contributed by atoms with Crippen LogP contribution in [0.15, 0.2) is 42.9 Å². The first-order valence-electron chi connectivity index (χ1n) is 11.7. The second kappa shape index (κ2) is 10.5. The van der Waals surface area contributed by atoms with Crippen LogP contribution in [0.5, 0.6) is 0 Å². The Morgan fingerprint density at radius 2 is 2.11 bits per heavy atom. The summed E-state index contributed by atoms with van der Waals surface area (Å²) >= 11 is 7.90. The third-order valence-electron chi connectivity index (χ3n) is 6.66. The molecule has 36 heavy (non-hydrogen) atoms. The molecule has 1 aliphatic carbocycles. The van der Waals surface area contributed by atoms with Crippen molar-refractivity contribution in [2.75, 3.05) is 18.5 Å². The largest absolute Gasteiger partial charge is 0.367 e. The summed E-state index contributed by atoms with van der Waals surface area (Å²) in [5.41, 5.74) is 3.71. The molecule has 5 rings (SSSR count). The molecule has 12 heteroatoms. The second-order valence-corrected chi connectivity index (χ2v) is 12.0. The van der Waals surface area contributed by atoms with Crippen LogP contribution in [0.2, 0.25) is 4.34 Å². The summed E-state index contributed by atoms with van der Waals surface area (Å²) in [5, 5.41) is 11.8. The monoisotopic (exact) mass is 547 g/mol. The standard InChI is InChI=1S/C24H26ClN5O4S2/c25-23-18(21-17-4-2-1-3-15(17)7-8-28-21)10-20(35-23)22(31)19-11-27-13-29-24(19)30-16-6-5-14(9-16)12-34-36(26,32)33/h1-4,10-11,13-14,16,21,28H,5-9,12H2,(H2,26,32,33)(H,27,29,30)/t14-,16+,21?/m1/s1. The summed E-state index contributed by atoms with van der Waals surface area (Å²) < 4.78 is 27.5. The third kappa shape index (κ3) is 5.61. The number of hydrogen-bond acceptors (Lipinski definition) is 9. The Balaban J connectivity index is 1.33. The van der Waals surface area contributed by atoms with Crippen molar-refractivity contribution in [3.8, 4) is 0 Å². The zero-order valence-electron chi connectivity index (χ0n) is 19.3. The van der Waals surface area contributed by atoms with Crippen LogP contribution in [0.4, 0.5) is 5.82 Å². The number of thiophene rings is 1. The first-order valence-corrected chi connectivity index (χ1v) is 14.3. The number of fused-ring (bicyclic) bond motifs is 1. The smallest absolute Gasteiger partial charge is 0.333 e. The average Bonchev–Trinajstić information content (AvgIpc) is 3.48. The molecule has 9 nitrogen and oxygen atoms in total. The van der Waals surface area contributed by atoms with Gasteiger partial charge in [0.15, 0.2) is 0 Å². The molecular weight excluding hydrogens is 522 g/mol. The lowest BCUT2D eigenvalue weighted by Gasteiger charge is -2.26. The van der Waals surface area contributed by atoms with Gasteiger partial charge in [-0.15, -0.1) is 11.3 Å². The highest BCUT2D eigenvalue weighted by Gasteiger charge is 2.29. The SMILES string of the molecule is NS(=O)(=O)OC[C@@H]1CC[C@H](Nc2ncncc2C(=O)c2cc(C3NCCc4ccccc43)c(Cl)s2)C1. The Kier molecular flexibility index (Phi) is 7.38. The summed E-state index contributed by atoms with van der Waals surface area (Å²) in [7, 11) is -3.96. The van der Waals surface area contributed by atoms with E-state index in [0.29, 0.717) is 27.0 Å². The number of hydrogen-bond donors (Lipinski definition) is 3. The fourth-order valence-electron chi connectivity index (χ4n) is 4.96. The van der Waals surface area contributed by atoms with Gasteiger partial charge in [0.1, 0.15) is 12.1 Å². The molecule has 1 fully saturated rings. The second-order valence-electron chi connectivity index (χ2n) is 9.09. The number of aromatic nitrogens is 2. The van der Waals surface area contributed by atoms with Gasteiger partial charge in [0.05, 0.1) is 27.4 Å². The minimum atomic E-state index is -3.96. The number of nitrogens with one attached hydrogen (secondary N) is 2. The van der Waals surface area contributed by atoms with E-state index in [0.717, 1.165) is 31.4 Å². The van der Waals surface area contributed by atoms with Crippen LogP contribution in [0.25, 0.3) is 0 Å². The summed E-state index contributed by atoms with van der Waals surface area (Å²) in [6.45, 7) is 0.879. The van der Waals surface area contributed by atoms with E-state index >= 15 is 0 Å². The summed E-state index contributed by atoms with van der Waals surface area (Å²) in [6, 6.07) is 10.1. The molecule has 1 saturated carbocycles. The maximum Gasteiger partial charge on any atom is 0.333 e. The van der Waals surface area contributed by atoms with E-state index in [9.17, 15) is 13.2 Å². The minimum absolute atomic E-state index is 0.0194. The molecule has 2 aliphatic rings. The topological polar surface area (TPSA) is 136 Å². The molecule has 3 aromatic rings. The van der Waals surface area contributed by atoms with Crippen molar-refractivity contribution in [2.45, 2.75) is 37.8 Å². The predicted molar refractivity (Wildman–Crippen MR) is 139 cm³/mol. The first-order chi connectivity index (χ1) is 17.3. The van der Waals surface area contributed by atoms with E-state index in [-0.39, 0.29) is 30.4 Å². The third-order valence-corrected chi connectivity index (χ3v) is 8.52. The summed E-state index contributed by atoms with van der Waals surface area (Å²) in [5.74, 6) is 0.291. The molecule has 1 unspecified atom stereocenters. The number of carbonyl (C=O) groups is 1. The fourth-order valence-corrected chi connectivity index (χ4v) is 6.63. The molecule has 3 heterocycles. The quantitative estimate of drug-likeness (QED) is 0.365. The molecule has 4 N–H and O–H groups in total. The number of halogens is 1. The molecule has 190 valence electrons. The minimum Gasteiger partial charge on any atom is -0.367 e. The average molecular weight is 548 g/mol. The first kappa shape index (κ1) is 25.2. The molecular formula is C24H26ClN5O4S2. The Hall–Kier alpha value is -2.41. The lowest BCUT2D eigenvalue weighted by Crippen LogP contribution is -2.30. The van der Waals surface area contributed by atoms with Crippen molar-refractivity contribution in [1.82, 2.24) is 15.3 Å². The van der Waals surface area contributed by atoms with Crippen LogP contribution in [0, 0.1) is 5.92 Å². The molecule has 1 aromatic carbocycles. The van der Waals surface area contributed by atoms with Crippen LogP contribution < -0.4 is 15.8 Å². The van der Waals surface area contributed by atoms with Crippen LogP contribution in [-0.4, -0.2) is 43.4 Å². The normalized spacial score (nSPS) is 21.8. The number of nitrogens with zero attached hydrogens (tertiary/aromatic N) is 2. The predicted octanol–water partition coefficient (Wildman–Crippen LogP) is 3.46. The highest BCUT2D eigenvalue weighted by Crippen LogP contribution is 2.39. The highest BCUT2D eigenvalue weighted by atomic mass is 35.5. The molecule has 0 radical (unpaired) electrons. The van der Waals surface area contributed by atoms with Crippen molar-refractivity contribution in [3.63, 3.8) is 0 Å². The van der Waals surface area contributed by atoms with E-state index in [2.05, 4.69) is 32.7 Å². The van der Waals surface area contributed by atoms with Crippen molar-refractivity contribution in [2.24, 2.45) is 11.1 Å². The Morgan fingerprint density at radius 3 is 2.94 bits per heavy atom. The van der Waals surface area contributed by atoms with Gasteiger partial charge in [-0.2, -0.15) is 8.42 Å². The van der Waals surface area contributed by atoms with Gasteiger partial charge in [0.25, 0.3) is 0 Å². The van der Waals surface area contributed by atoms with Crippen LogP contribution in [-0.2, 0) is 20.9 Å². The number of ketones is 1. The highest BCUT2D eigenvalue weighted by molar-refractivity contribution is 7.84. The van der Waals surface area contributed by atoms with Gasteiger partial charge in [-0.25, -0.2) is 15.1 Å². The van der Waals surface area contributed by atoms with Gasteiger partial charge in [0, 0.05) is 24.3 Å². The van der Waals surface area contributed by atoms with Crippen molar-refractivity contribution in [3.05, 3.63) is 74.3 Å². The van der Waals surface area contributed by atoms with Gasteiger partial charge in [-0.05, 0) is 48.8 Å². The molecule has 0 spiro atoms. The van der Waals surface area contributed by atoms with Gasteiger partial charge < -0.3 is 10.6 Å². The zero-order chi connectivity index (χ0) is 25.3. The van der Waals surface area contributed by atoms with Crippen molar-refractivity contribution in [1.29, 1.82) is 0 Å². The van der Waals surface area contributed by atoms with Gasteiger partial charge in [-0.3, -0.25) is 8.98 Å². The lowest BCUT2D eigenvalue weighted by molar-refractivity contribution is 0.104. The van der Waals surface area contributed by atoms with E-state index in [4.69, 9.17) is 20.9 Å². The number of nitrogens with two attached hydrogens (primary N) is 1. The van der Waals surface area contributed by atoms with E-state index in [1.807, 2.05) is 18.2 Å². The number of rotatable bonds is 8. The van der Waals surface area contributed by atoms with E-state index < -0.39 is 10.3 Å². The molecule has 1 aliphatic heterocycles. The lowest BCUT2D eigenvalue weighted by atomic mass is 9.91. The Bertz CT molecular complexity index is 1380. The van der Waals surface area contributed by atoms with E-state index in [1.54, 1.807) is 0 Å². The van der Waals surface area contributed by atoms with Crippen LogP contribution in [0.1, 0.15) is 57.2 Å². The summed E-state index contributed by atoms with van der Waals surface area (Å²) in [6.07, 6.45) is 6.10. The van der Waals surface area contributed by atoms with Gasteiger partial charge in [-0.1, -0.05) is 35.9 Å². The number of carbonyl (C=O) groups excluding carboxylic acids is 1. The maximum atomic E-state index is 13.5. The molecule has 0 bridgehead atoms. The van der Waals surface area contributed by atoms with Gasteiger partial charge in [0.2, 0.25) is 5.78 Å². The number of anilines is 1. The molecule has 3 atom stereocenters. The van der Waals surface area contributed by atoms with Crippen molar-refractivity contribution >= 4 is 44.8 Å². The van der Waals surface area contributed by atoms with Gasteiger partial charge >= 0.3 is 10.3 Å². The Labute approximate surface area is 218 Å². The van der Waals surface area contributed by atoms with E-state index in [1.165, 1.54) is 35.0 Å². The summed E-state index contributed by atoms with van der Waals surface area (Å²) in [4.78, 5) is 22.4. The molecule has 2 aromatic heterocycles. The number of benzene rings is 1.